The first kappa shape index (κ1) is 36.7. The minimum atomic E-state index is -4.95. The topological polar surface area (TPSA) is 233 Å². The summed E-state index contributed by atoms with van der Waals surface area (Å²) in [5.74, 6) is 11.2. The molecule has 0 amide bonds. The van der Waals surface area contributed by atoms with Crippen molar-refractivity contribution >= 4 is 107 Å². The van der Waals surface area contributed by atoms with E-state index >= 15 is 0 Å². The second-order valence-corrected chi connectivity index (χ2v) is 18.3. The van der Waals surface area contributed by atoms with Gasteiger partial charge in [-0.05, 0) is 46.5 Å². The first-order valence-electron chi connectivity index (χ1n) is 14.3. The largest absolute Gasteiger partial charge is 0.323 e. The highest BCUT2D eigenvalue weighted by atomic mass is 79.9. The van der Waals surface area contributed by atoms with Gasteiger partial charge < -0.3 is 11.7 Å². The van der Waals surface area contributed by atoms with Crippen LogP contribution in [-0.2, 0) is 29.7 Å². The highest BCUT2D eigenvalue weighted by molar-refractivity contribution is 9.11. The third kappa shape index (κ3) is 5.37. The predicted molar refractivity (Wildman–Crippen MR) is 206 cm³/mol. The van der Waals surface area contributed by atoms with Crippen molar-refractivity contribution in [1.82, 2.24) is 0 Å². The summed E-state index contributed by atoms with van der Waals surface area (Å²) in [6, 6.07) is 19.2. The number of hydrogen-bond acceptors (Lipinski definition) is 10. The van der Waals surface area contributed by atoms with Crippen LogP contribution in [0.1, 0.15) is 46.2 Å². The van der Waals surface area contributed by atoms with Gasteiger partial charge in [0.05, 0.1) is 22.8 Å². The first-order chi connectivity index (χ1) is 23.4. The van der Waals surface area contributed by atoms with Crippen LogP contribution in [0, 0.1) is 10.8 Å². The lowest BCUT2D eigenvalue weighted by Crippen LogP contribution is -2.46. The molecule has 0 saturated heterocycles. The third-order valence-corrected chi connectivity index (χ3v) is 14.5. The number of hydrazone groups is 2. The molecule has 2 atom stereocenters. The standard InChI is InChI=1S/C32H24Br4N6O6S2/c33-21-9-15(10-22(34)27(21)31(49(43,44)45)13-25(41-39)29(37)17-5-1-3-7-19(17)31)16-11-23(35)28(24(36)12-16)32(50(46,47)48)14-26(42-40)30(38)18-6-2-4-8-20(18)32/h1-12,37-38H,13-14,39-40H2,(H,43,44,45)(H,46,47,48)/b37-29?,38-30?,41-25-,42-26+. The number of nitrogens with zero attached hydrogens (tertiary/aromatic N) is 2. The quantitative estimate of drug-likeness (QED) is 0.0703. The molecule has 2 unspecified atom stereocenters. The number of fused-ring (bicyclic) bond motifs is 2. The van der Waals surface area contributed by atoms with Gasteiger partial charge in [-0.1, -0.05) is 112 Å². The van der Waals surface area contributed by atoms with Gasteiger partial charge in [-0.25, -0.2) is 0 Å². The van der Waals surface area contributed by atoms with Crippen LogP contribution < -0.4 is 11.7 Å². The lowest BCUT2D eigenvalue weighted by molar-refractivity contribution is 0.444. The second-order valence-electron chi connectivity index (χ2n) is 11.6. The van der Waals surface area contributed by atoms with Crippen LogP contribution in [-0.4, -0.2) is 48.8 Å². The van der Waals surface area contributed by atoms with E-state index in [0.717, 1.165) is 0 Å². The summed E-state index contributed by atoms with van der Waals surface area (Å²) >= 11 is 14.2. The molecule has 0 aliphatic heterocycles. The molecule has 2 aliphatic rings. The fourth-order valence-corrected chi connectivity index (χ4v) is 13.6. The fourth-order valence-electron chi connectivity index (χ4n) is 6.89. The molecule has 0 spiro atoms. The Hall–Kier alpha value is -3.10. The SMILES string of the molecule is N=C1/C(=N\N)CC(c2c(Br)cc(-c3cc(Br)c(C4(S(=O)(=O)O)C/C(=N\N)C(=N)c5ccccc54)c(Br)c3)cc2Br)(S(=O)(=O)O)c2ccccc21. The third-order valence-electron chi connectivity index (χ3n) is 9.09. The average molecular weight is 972 g/mol. The Labute approximate surface area is 320 Å². The van der Waals surface area contributed by atoms with Gasteiger partial charge in [0.2, 0.25) is 0 Å². The van der Waals surface area contributed by atoms with Crippen LogP contribution in [0.4, 0.5) is 0 Å². The van der Waals surface area contributed by atoms with Crippen molar-refractivity contribution < 1.29 is 25.9 Å². The molecule has 0 radical (unpaired) electrons. The zero-order valence-corrected chi connectivity index (χ0v) is 33.2. The minimum Gasteiger partial charge on any atom is -0.323 e. The Balaban J connectivity index is 1.58. The summed E-state index contributed by atoms with van der Waals surface area (Å²) in [4.78, 5) is 0. The summed E-state index contributed by atoms with van der Waals surface area (Å²) in [7, 11) is -9.91. The van der Waals surface area contributed by atoms with Gasteiger partial charge in [0.1, 0.15) is 0 Å². The molecule has 6 rings (SSSR count). The molecule has 4 aromatic rings. The van der Waals surface area contributed by atoms with Crippen molar-refractivity contribution in [2.45, 2.75) is 22.3 Å². The van der Waals surface area contributed by atoms with Crippen LogP contribution in [0.5, 0.6) is 0 Å². The molecule has 4 aromatic carbocycles. The molecule has 0 aromatic heterocycles. The van der Waals surface area contributed by atoms with Crippen LogP contribution in [0.25, 0.3) is 11.1 Å². The van der Waals surface area contributed by atoms with Gasteiger partial charge >= 0.3 is 0 Å². The number of hydrogen-bond donors (Lipinski definition) is 6. The van der Waals surface area contributed by atoms with Gasteiger partial charge in [-0.2, -0.15) is 27.0 Å². The number of nitrogens with two attached hydrogens (primary N) is 2. The van der Waals surface area contributed by atoms with E-state index in [1.807, 2.05) is 0 Å². The monoisotopic (exact) mass is 968 g/mol. The van der Waals surface area contributed by atoms with Crippen LogP contribution in [0.15, 0.2) is 101 Å². The summed E-state index contributed by atoms with van der Waals surface area (Å²) < 4.78 is 72.6. The van der Waals surface area contributed by atoms with Crippen molar-refractivity contribution in [3.8, 4) is 11.1 Å². The molecule has 8 N–H and O–H groups in total. The van der Waals surface area contributed by atoms with Crippen molar-refractivity contribution in [1.29, 1.82) is 10.8 Å². The molecular formula is C32H24Br4N6O6S2. The van der Waals surface area contributed by atoms with Crippen molar-refractivity contribution in [3.05, 3.63) is 124 Å². The molecule has 18 heteroatoms. The second kappa shape index (κ2) is 12.8. The molecule has 0 bridgehead atoms. The normalized spacial score (nSPS) is 22.4. The number of rotatable bonds is 5. The molecule has 0 saturated carbocycles. The molecule has 2 aliphatic carbocycles. The average Bonchev–Trinajstić information content (AvgIpc) is 3.05. The van der Waals surface area contributed by atoms with Crippen molar-refractivity contribution in [2.24, 2.45) is 21.9 Å². The van der Waals surface area contributed by atoms with E-state index in [9.17, 15) is 25.9 Å². The lowest BCUT2D eigenvalue weighted by atomic mass is 9.75. The fraction of sp³-hybridized carbons (Fsp3) is 0.125. The maximum atomic E-state index is 13.5. The highest BCUT2D eigenvalue weighted by Gasteiger charge is 2.55. The zero-order chi connectivity index (χ0) is 36.6. The highest BCUT2D eigenvalue weighted by Crippen LogP contribution is 2.53. The van der Waals surface area contributed by atoms with E-state index in [4.69, 9.17) is 22.5 Å². The lowest BCUT2D eigenvalue weighted by Gasteiger charge is -2.39. The Morgan fingerprint density at radius 3 is 1.18 bits per heavy atom. The number of nitrogens with one attached hydrogen (secondary N) is 2. The van der Waals surface area contributed by atoms with Gasteiger partial charge in [0.15, 0.2) is 9.49 Å². The maximum absolute atomic E-state index is 13.5. The number of benzene rings is 4. The molecular weight excluding hydrogens is 948 g/mol. The Bertz CT molecular complexity index is 2260. The van der Waals surface area contributed by atoms with E-state index in [1.54, 1.807) is 60.7 Å². The summed E-state index contributed by atoms with van der Waals surface area (Å²) in [5, 5.41) is 24.6. The van der Waals surface area contributed by atoms with E-state index in [-0.39, 0.29) is 74.1 Å². The predicted octanol–water partition coefficient (Wildman–Crippen LogP) is 6.84. The molecule has 50 heavy (non-hydrogen) atoms. The van der Waals surface area contributed by atoms with Crippen LogP contribution in [0.3, 0.4) is 0 Å². The minimum absolute atomic E-state index is 0.0253. The molecule has 258 valence electrons. The molecule has 0 fully saturated rings. The van der Waals surface area contributed by atoms with Gasteiger partial charge in [0.25, 0.3) is 20.2 Å². The van der Waals surface area contributed by atoms with Crippen LogP contribution in [0.2, 0.25) is 0 Å². The van der Waals surface area contributed by atoms with E-state index < -0.39 is 42.6 Å². The zero-order valence-electron chi connectivity index (χ0n) is 25.2. The molecule has 0 heterocycles. The molecule has 12 nitrogen and oxygen atoms in total. The number of halogens is 4. The maximum Gasteiger partial charge on any atom is 0.279 e. The Morgan fingerprint density at radius 1 is 0.600 bits per heavy atom. The summed E-state index contributed by atoms with van der Waals surface area (Å²) in [5.41, 5.74) is 1.98. The Morgan fingerprint density at radius 2 is 0.900 bits per heavy atom. The van der Waals surface area contributed by atoms with Crippen molar-refractivity contribution in [3.63, 3.8) is 0 Å². The summed E-state index contributed by atoms with van der Waals surface area (Å²) in [6.07, 6.45) is -0.851. The van der Waals surface area contributed by atoms with Crippen LogP contribution >= 0.6 is 63.7 Å². The Kier molecular flexibility index (Phi) is 9.42. The van der Waals surface area contributed by atoms with Crippen molar-refractivity contribution in [2.75, 3.05) is 0 Å². The first-order valence-corrected chi connectivity index (χ1v) is 20.3. The van der Waals surface area contributed by atoms with Gasteiger partial charge in [0, 0.05) is 53.0 Å². The van der Waals surface area contributed by atoms with Gasteiger partial charge in [-0.15, -0.1) is 0 Å². The van der Waals surface area contributed by atoms with Gasteiger partial charge in [-0.3, -0.25) is 19.9 Å². The van der Waals surface area contributed by atoms with E-state index in [0.29, 0.717) is 11.1 Å². The summed E-state index contributed by atoms with van der Waals surface area (Å²) in [6.45, 7) is 0. The van der Waals surface area contributed by atoms with E-state index in [2.05, 4.69) is 73.9 Å². The van der Waals surface area contributed by atoms with E-state index in [1.165, 1.54) is 12.1 Å². The smallest absolute Gasteiger partial charge is 0.279 e.